The predicted octanol–water partition coefficient (Wildman–Crippen LogP) is 3.20. The Labute approximate surface area is 88.7 Å². The summed E-state index contributed by atoms with van der Waals surface area (Å²) in [6.45, 7) is 6.06. The van der Waals surface area contributed by atoms with Crippen LogP contribution in [0, 0.1) is 17.8 Å². The number of rotatable bonds is 2. The van der Waals surface area contributed by atoms with Gasteiger partial charge in [-0.25, -0.2) is 0 Å². The van der Waals surface area contributed by atoms with Crippen molar-refractivity contribution < 1.29 is 0 Å². The first-order chi connectivity index (χ1) is 6.81. The summed E-state index contributed by atoms with van der Waals surface area (Å²) >= 11 is 0. The highest BCUT2D eigenvalue weighted by atomic mass is 14.9. The lowest BCUT2D eigenvalue weighted by Gasteiger charge is -2.41. The molecule has 0 aromatic rings. The Balaban J connectivity index is 1.89. The van der Waals surface area contributed by atoms with Crippen LogP contribution in [-0.4, -0.2) is 12.6 Å². The molecule has 0 bridgehead atoms. The topological polar surface area (TPSA) is 12.0 Å². The van der Waals surface area contributed by atoms with Crippen LogP contribution in [-0.2, 0) is 0 Å². The minimum atomic E-state index is 0.879. The molecule has 2 aliphatic rings. The van der Waals surface area contributed by atoms with Gasteiger partial charge < -0.3 is 5.32 Å². The molecule has 1 nitrogen and oxygen atoms in total. The number of hydrogen-bond acceptors (Lipinski definition) is 1. The minimum absolute atomic E-state index is 0.879. The standard InChI is InChI=1S/C13H25N/c1-3-10(2)11-6-7-13-12(9-11)5-4-8-14-13/h10-14H,3-9H2,1-2H3. The lowest BCUT2D eigenvalue weighted by molar-refractivity contribution is 0.132. The van der Waals surface area contributed by atoms with Gasteiger partial charge in [-0.2, -0.15) is 0 Å². The van der Waals surface area contributed by atoms with E-state index >= 15 is 0 Å². The molecular formula is C13H25N. The molecule has 0 spiro atoms. The average molecular weight is 195 g/mol. The van der Waals surface area contributed by atoms with Gasteiger partial charge in [0.25, 0.3) is 0 Å². The number of hydrogen-bond donors (Lipinski definition) is 1. The molecule has 1 N–H and O–H groups in total. The minimum Gasteiger partial charge on any atom is -0.314 e. The Kier molecular flexibility index (Phi) is 3.48. The molecule has 2 rings (SSSR count). The molecule has 0 radical (unpaired) electrons. The Morgan fingerprint density at radius 1 is 1.29 bits per heavy atom. The highest BCUT2D eigenvalue weighted by Gasteiger charge is 2.33. The van der Waals surface area contributed by atoms with Crippen LogP contribution in [0.15, 0.2) is 0 Å². The molecule has 4 unspecified atom stereocenters. The highest BCUT2D eigenvalue weighted by molar-refractivity contribution is 4.88. The number of fused-ring (bicyclic) bond motifs is 1. The van der Waals surface area contributed by atoms with Crippen molar-refractivity contribution in [3.8, 4) is 0 Å². The normalized spacial score (nSPS) is 40.3. The Morgan fingerprint density at radius 2 is 2.14 bits per heavy atom. The van der Waals surface area contributed by atoms with E-state index in [1.807, 2.05) is 0 Å². The van der Waals surface area contributed by atoms with E-state index in [4.69, 9.17) is 0 Å². The maximum Gasteiger partial charge on any atom is 0.00955 e. The van der Waals surface area contributed by atoms with Gasteiger partial charge in [-0.3, -0.25) is 0 Å². The van der Waals surface area contributed by atoms with Crippen LogP contribution in [0.4, 0.5) is 0 Å². The van der Waals surface area contributed by atoms with Crippen LogP contribution < -0.4 is 5.32 Å². The van der Waals surface area contributed by atoms with Gasteiger partial charge in [-0.1, -0.05) is 20.3 Å². The molecule has 0 aromatic heterocycles. The Morgan fingerprint density at radius 3 is 2.93 bits per heavy atom. The third-order valence-electron chi connectivity index (χ3n) is 4.63. The van der Waals surface area contributed by atoms with Gasteiger partial charge in [0.1, 0.15) is 0 Å². The van der Waals surface area contributed by atoms with Crippen molar-refractivity contribution >= 4 is 0 Å². The molecule has 1 aliphatic heterocycles. The van der Waals surface area contributed by atoms with Crippen molar-refractivity contribution in [2.75, 3.05) is 6.54 Å². The summed E-state index contributed by atoms with van der Waals surface area (Å²) in [5, 5.41) is 3.70. The zero-order valence-electron chi connectivity index (χ0n) is 9.76. The zero-order chi connectivity index (χ0) is 9.97. The van der Waals surface area contributed by atoms with Crippen molar-refractivity contribution in [3.63, 3.8) is 0 Å². The van der Waals surface area contributed by atoms with Gasteiger partial charge in [0.15, 0.2) is 0 Å². The number of nitrogens with one attached hydrogen (secondary N) is 1. The predicted molar refractivity (Wildman–Crippen MR) is 61.3 cm³/mol. The van der Waals surface area contributed by atoms with Gasteiger partial charge >= 0.3 is 0 Å². The van der Waals surface area contributed by atoms with E-state index in [9.17, 15) is 0 Å². The molecule has 0 amide bonds. The molecule has 1 saturated carbocycles. The van der Waals surface area contributed by atoms with Crippen LogP contribution in [0.2, 0.25) is 0 Å². The van der Waals surface area contributed by atoms with Crippen molar-refractivity contribution in [2.24, 2.45) is 17.8 Å². The summed E-state index contributed by atoms with van der Waals surface area (Å²) in [7, 11) is 0. The molecule has 14 heavy (non-hydrogen) atoms. The smallest absolute Gasteiger partial charge is 0.00955 e. The monoisotopic (exact) mass is 195 g/mol. The summed E-state index contributed by atoms with van der Waals surface area (Å²) in [6.07, 6.45) is 8.70. The molecule has 4 atom stereocenters. The van der Waals surface area contributed by atoms with Crippen LogP contribution in [0.1, 0.15) is 52.4 Å². The van der Waals surface area contributed by atoms with Gasteiger partial charge in [0, 0.05) is 6.04 Å². The van der Waals surface area contributed by atoms with Crippen LogP contribution in [0.3, 0.4) is 0 Å². The van der Waals surface area contributed by atoms with Crippen molar-refractivity contribution in [2.45, 2.75) is 58.4 Å². The summed E-state index contributed by atoms with van der Waals surface area (Å²) in [6, 6.07) is 0.879. The lowest BCUT2D eigenvalue weighted by Crippen LogP contribution is -2.45. The SMILES string of the molecule is CCC(C)C1CCC2NCCCC2C1. The number of piperidine rings is 1. The quantitative estimate of drug-likeness (QED) is 0.713. The zero-order valence-corrected chi connectivity index (χ0v) is 9.76. The Bertz CT molecular complexity index is 178. The third kappa shape index (κ3) is 2.13. The van der Waals surface area contributed by atoms with E-state index in [1.165, 1.54) is 45.1 Å². The summed E-state index contributed by atoms with van der Waals surface area (Å²) < 4.78 is 0. The molecule has 0 aromatic carbocycles. The van der Waals surface area contributed by atoms with E-state index in [2.05, 4.69) is 19.2 Å². The van der Waals surface area contributed by atoms with Gasteiger partial charge in [-0.15, -0.1) is 0 Å². The molecule has 1 heterocycles. The summed E-state index contributed by atoms with van der Waals surface area (Å²) in [5.74, 6) is 3.00. The van der Waals surface area contributed by atoms with E-state index in [0.29, 0.717) is 0 Å². The van der Waals surface area contributed by atoms with E-state index in [1.54, 1.807) is 0 Å². The van der Waals surface area contributed by atoms with Gasteiger partial charge in [0.05, 0.1) is 0 Å². The first kappa shape index (κ1) is 10.5. The molecule has 82 valence electrons. The molecule has 1 saturated heterocycles. The van der Waals surface area contributed by atoms with E-state index < -0.39 is 0 Å². The first-order valence-electron chi connectivity index (χ1n) is 6.54. The van der Waals surface area contributed by atoms with Gasteiger partial charge in [-0.05, 0) is 56.4 Å². The summed E-state index contributed by atoms with van der Waals surface area (Å²) in [5.41, 5.74) is 0. The van der Waals surface area contributed by atoms with E-state index in [0.717, 1.165) is 23.8 Å². The maximum absolute atomic E-state index is 3.70. The van der Waals surface area contributed by atoms with Crippen molar-refractivity contribution in [1.29, 1.82) is 0 Å². The fourth-order valence-corrected chi connectivity index (χ4v) is 3.39. The largest absolute Gasteiger partial charge is 0.314 e. The average Bonchev–Trinajstić information content (AvgIpc) is 2.27. The first-order valence-corrected chi connectivity index (χ1v) is 6.54. The van der Waals surface area contributed by atoms with Crippen LogP contribution in [0.5, 0.6) is 0 Å². The second kappa shape index (κ2) is 4.65. The molecule has 2 fully saturated rings. The fraction of sp³-hybridized carbons (Fsp3) is 1.00. The molecular weight excluding hydrogens is 170 g/mol. The van der Waals surface area contributed by atoms with Crippen LogP contribution >= 0.6 is 0 Å². The van der Waals surface area contributed by atoms with Gasteiger partial charge in [0.2, 0.25) is 0 Å². The molecule has 1 aliphatic carbocycles. The maximum atomic E-state index is 3.70. The second-order valence-electron chi connectivity index (χ2n) is 5.42. The van der Waals surface area contributed by atoms with Crippen molar-refractivity contribution in [1.82, 2.24) is 5.32 Å². The third-order valence-corrected chi connectivity index (χ3v) is 4.63. The van der Waals surface area contributed by atoms with Crippen LogP contribution in [0.25, 0.3) is 0 Å². The molecule has 1 heteroatoms. The Hall–Kier alpha value is -0.0400. The fourth-order valence-electron chi connectivity index (χ4n) is 3.39. The second-order valence-corrected chi connectivity index (χ2v) is 5.42. The van der Waals surface area contributed by atoms with Crippen molar-refractivity contribution in [3.05, 3.63) is 0 Å². The highest BCUT2D eigenvalue weighted by Crippen LogP contribution is 2.38. The summed E-state index contributed by atoms with van der Waals surface area (Å²) in [4.78, 5) is 0. The van der Waals surface area contributed by atoms with E-state index in [-0.39, 0.29) is 0 Å². The lowest BCUT2D eigenvalue weighted by atomic mass is 9.70.